The number of aliphatic carboxylic acids is 1. The first-order chi connectivity index (χ1) is 9.34. The van der Waals surface area contributed by atoms with Gasteiger partial charge in [0.1, 0.15) is 5.54 Å². The number of carboxylic acid groups (broad SMARTS) is 1. The molecule has 4 nitrogen and oxygen atoms in total. The van der Waals surface area contributed by atoms with Crippen molar-refractivity contribution in [1.82, 2.24) is 10.2 Å². The number of carbonyl (C=O) groups is 1. The summed E-state index contributed by atoms with van der Waals surface area (Å²) in [7, 11) is 2.17. The number of rotatable bonds is 6. The second kappa shape index (κ2) is 6.02. The Morgan fingerprint density at radius 1 is 1.50 bits per heavy atom. The van der Waals surface area contributed by atoms with E-state index in [0.29, 0.717) is 6.04 Å². The highest BCUT2D eigenvalue weighted by atomic mass is 16.4. The molecule has 2 fully saturated rings. The van der Waals surface area contributed by atoms with Crippen LogP contribution in [0.3, 0.4) is 0 Å². The zero-order chi connectivity index (χ0) is 14.9. The number of nitrogens with one attached hydrogen (secondary N) is 1. The topological polar surface area (TPSA) is 52.6 Å². The minimum atomic E-state index is -0.722. The van der Waals surface area contributed by atoms with Gasteiger partial charge >= 0.3 is 5.97 Å². The molecule has 4 heteroatoms. The van der Waals surface area contributed by atoms with Crippen LogP contribution in [-0.4, -0.2) is 47.2 Å². The minimum absolute atomic E-state index is 0.207. The molecule has 0 heterocycles. The van der Waals surface area contributed by atoms with Crippen LogP contribution in [0.5, 0.6) is 0 Å². The molecule has 116 valence electrons. The lowest BCUT2D eigenvalue weighted by molar-refractivity contribution is -0.147. The fourth-order valence-electron chi connectivity index (χ4n) is 3.73. The van der Waals surface area contributed by atoms with Gasteiger partial charge in [0.2, 0.25) is 0 Å². The zero-order valence-electron chi connectivity index (χ0n) is 13.4. The summed E-state index contributed by atoms with van der Waals surface area (Å²) < 4.78 is 0. The van der Waals surface area contributed by atoms with Gasteiger partial charge in [0.15, 0.2) is 0 Å². The summed E-state index contributed by atoms with van der Waals surface area (Å²) in [6, 6.07) is 0.609. The molecule has 2 rings (SSSR count). The summed E-state index contributed by atoms with van der Waals surface area (Å²) >= 11 is 0. The number of hydrogen-bond acceptors (Lipinski definition) is 3. The van der Waals surface area contributed by atoms with Crippen molar-refractivity contribution < 1.29 is 9.90 Å². The van der Waals surface area contributed by atoms with E-state index in [4.69, 9.17) is 0 Å². The number of carboxylic acids is 1. The quantitative estimate of drug-likeness (QED) is 0.785. The highest BCUT2D eigenvalue weighted by molar-refractivity contribution is 5.79. The summed E-state index contributed by atoms with van der Waals surface area (Å²) in [5, 5.41) is 13.0. The molecular formula is C16H30N2O2. The second-order valence-electron chi connectivity index (χ2n) is 7.35. The highest BCUT2D eigenvalue weighted by Gasteiger charge is 2.45. The Morgan fingerprint density at radius 3 is 2.65 bits per heavy atom. The van der Waals surface area contributed by atoms with Crippen LogP contribution in [0.25, 0.3) is 0 Å². The van der Waals surface area contributed by atoms with E-state index in [9.17, 15) is 9.90 Å². The Balaban J connectivity index is 1.99. The van der Waals surface area contributed by atoms with E-state index >= 15 is 0 Å². The van der Waals surface area contributed by atoms with E-state index in [-0.39, 0.29) is 6.04 Å². The Bertz CT molecular complexity index is 358. The lowest BCUT2D eigenvalue weighted by Gasteiger charge is -2.42. The maximum absolute atomic E-state index is 11.8. The largest absolute Gasteiger partial charge is 0.480 e. The first kappa shape index (κ1) is 15.8. The van der Waals surface area contributed by atoms with Crippen molar-refractivity contribution in [2.75, 3.05) is 13.6 Å². The normalized spacial score (nSPS) is 37.4. The van der Waals surface area contributed by atoms with Gasteiger partial charge in [0.05, 0.1) is 0 Å². The van der Waals surface area contributed by atoms with E-state index in [1.807, 2.05) is 13.8 Å². The Kier molecular flexibility index (Phi) is 4.75. The fraction of sp³-hybridized carbons (Fsp3) is 0.938. The molecule has 2 saturated carbocycles. The van der Waals surface area contributed by atoms with Crippen molar-refractivity contribution in [3.8, 4) is 0 Å². The second-order valence-corrected chi connectivity index (χ2v) is 7.35. The molecule has 0 saturated heterocycles. The molecule has 0 spiro atoms. The van der Waals surface area contributed by atoms with Gasteiger partial charge in [-0.25, -0.2) is 0 Å². The molecule has 0 aromatic heterocycles. The molecule has 0 bridgehead atoms. The molecule has 0 aromatic carbocycles. The van der Waals surface area contributed by atoms with Crippen molar-refractivity contribution in [3.63, 3.8) is 0 Å². The van der Waals surface area contributed by atoms with Crippen LogP contribution < -0.4 is 5.32 Å². The van der Waals surface area contributed by atoms with E-state index in [0.717, 1.165) is 44.1 Å². The van der Waals surface area contributed by atoms with E-state index in [2.05, 4.69) is 24.2 Å². The first-order valence-electron chi connectivity index (χ1n) is 8.05. The lowest BCUT2D eigenvalue weighted by Crippen LogP contribution is -2.59. The average molecular weight is 282 g/mol. The average Bonchev–Trinajstić information content (AvgIpc) is 3.04. The first-order valence-corrected chi connectivity index (χ1v) is 8.05. The van der Waals surface area contributed by atoms with Crippen LogP contribution in [0.4, 0.5) is 0 Å². The van der Waals surface area contributed by atoms with Gasteiger partial charge in [0, 0.05) is 18.6 Å². The van der Waals surface area contributed by atoms with Crippen molar-refractivity contribution in [2.45, 2.75) is 70.5 Å². The molecule has 0 amide bonds. The van der Waals surface area contributed by atoms with Crippen LogP contribution in [0.1, 0.15) is 52.9 Å². The third-order valence-corrected chi connectivity index (χ3v) is 5.12. The van der Waals surface area contributed by atoms with Gasteiger partial charge in [-0.15, -0.1) is 0 Å². The van der Waals surface area contributed by atoms with Crippen molar-refractivity contribution in [3.05, 3.63) is 0 Å². The summed E-state index contributed by atoms with van der Waals surface area (Å²) in [4.78, 5) is 14.2. The molecule has 0 aromatic rings. The SMILES string of the molecule is CC(C)NC1(C(=O)O)CCCC(N(C)CC2CC2C)C1. The van der Waals surface area contributed by atoms with Gasteiger partial charge in [-0.3, -0.25) is 10.1 Å². The van der Waals surface area contributed by atoms with Gasteiger partial charge < -0.3 is 10.0 Å². The number of hydrogen-bond donors (Lipinski definition) is 2. The maximum Gasteiger partial charge on any atom is 0.323 e. The molecule has 0 aliphatic heterocycles. The van der Waals surface area contributed by atoms with Crippen molar-refractivity contribution in [1.29, 1.82) is 0 Å². The number of nitrogens with zero attached hydrogens (tertiary/aromatic N) is 1. The third-order valence-electron chi connectivity index (χ3n) is 5.12. The molecule has 2 N–H and O–H groups in total. The monoisotopic (exact) mass is 282 g/mol. The molecule has 0 radical (unpaired) electrons. The van der Waals surface area contributed by atoms with Crippen LogP contribution in [0.15, 0.2) is 0 Å². The summed E-state index contributed by atoms with van der Waals surface area (Å²) in [6.45, 7) is 7.50. The van der Waals surface area contributed by atoms with Crippen LogP contribution >= 0.6 is 0 Å². The molecular weight excluding hydrogens is 252 g/mol. The summed E-state index contributed by atoms with van der Waals surface area (Å²) in [5.41, 5.74) is -0.722. The smallest absolute Gasteiger partial charge is 0.323 e. The van der Waals surface area contributed by atoms with Crippen molar-refractivity contribution in [2.24, 2.45) is 11.8 Å². The van der Waals surface area contributed by atoms with Gasteiger partial charge in [-0.2, -0.15) is 0 Å². The molecule has 4 atom stereocenters. The van der Waals surface area contributed by atoms with E-state index in [1.54, 1.807) is 0 Å². The third kappa shape index (κ3) is 3.53. The van der Waals surface area contributed by atoms with Crippen LogP contribution in [0, 0.1) is 11.8 Å². The standard InChI is InChI=1S/C16H30N2O2/c1-11(2)17-16(15(19)20)7-5-6-14(9-16)18(4)10-13-8-12(13)3/h11-14,17H,5-10H2,1-4H3,(H,19,20). The summed E-state index contributed by atoms with van der Waals surface area (Å²) in [6.07, 6.45) is 4.96. The molecule has 2 aliphatic carbocycles. The van der Waals surface area contributed by atoms with Crippen molar-refractivity contribution >= 4 is 5.97 Å². The zero-order valence-corrected chi connectivity index (χ0v) is 13.4. The Morgan fingerprint density at radius 2 is 2.15 bits per heavy atom. The van der Waals surface area contributed by atoms with Gasteiger partial charge in [-0.05, 0) is 64.8 Å². The van der Waals surface area contributed by atoms with Crippen LogP contribution in [-0.2, 0) is 4.79 Å². The van der Waals surface area contributed by atoms with Gasteiger partial charge in [0.25, 0.3) is 0 Å². The molecule has 20 heavy (non-hydrogen) atoms. The molecule has 4 unspecified atom stereocenters. The minimum Gasteiger partial charge on any atom is -0.480 e. The summed E-state index contributed by atoms with van der Waals surface area (Å²) in [5.74, 6) is 1.02. The predicted molar refractivity (Wildman–Crippen MR) is 80.8 cm³/mol. The Labute approximate surface area is 122 Å². The van der Waals surface area contributed by atoms with Crippen LogP contribution in [0.2, 0.25) is 0 Å². The van der Waals surface area contributed by atoms with Gasteiger partial charge in [-0.1, -0.05) is 6.92 Å². The Hall–Kier alpha value is -0.610. The highest BCUT2D eigenvalue weighted by Crippen LogP contribution is 2.39. The van der Waals surface area contributed by atoms with E-state index < -0.39 is 11.5 Å². The lowest BCUT2D eigenvalue weighted by atomic mass is 9.78. The molecule has 2 aliphatic rings. The maximum atomic E-state index is 11.8. The van der Waals surface area contributed by atoms with E-state index in [1.165, 1.54) is 6.42 Å². The predicted octanol–water partition coefficient (Wildman–Crippen LogP) is 2.34. The fourth-order valence-corrected chi connectivity index (χ4v) is 3.73.